The van der Waals surface area contributed by atoms with E-state index in [2.05, 4.69) is 15.4 Å². The topological polar surface area (TPSA) is 69.0 Å². The van der Waals surface area contributed by atoms with E-state index in [0.29, 0.717) is 22.8 Å². The van der Waals surface area contributed by atoms with Crippen LogP contribution in [-0.4, -0.2) is 27.8 Å². The molecule has 0 unspecified atom stereocenters. The number of hydrogen-bond donors (Lipinski definition) is 1. The number of methoxy groups -OCH3 is 1. The van der Waals surface area contributed by atoms with Crippen LogP contribution >= 0.6 is 0 Å². The molecule has 4 aromatic rings. The van der Waals surface area contributed by atoms with Crippen LogP contribution in [0.3, 0.4) is 0 Å². The summed E-state index contributed by atoms with van der Waals surface area (Å²) in [4.78, 5) is 16.8. The molecule has 0 spiro atoms. The van der Waals surface area contributed by atoms with Gasteiger partial charge in [-0.15, -0.1) is 0 Å². The predicted molar refractivity (Wildman–Crippen MR) is 108 cm³/mol. The Morgan fingerprint density at radius 1 is 1.00 bits per heavy atom. The first-order valence-corrected chi connectivity index (χ1v) is 8.86. The summed E-state index contributed by atoms with van der Waals surface area (Å²) in [6.45, 7) is 0. The highest BCUT2D eigenvalue weighted by molar-refractivity contribution is 6.03. The number of carbonyl (C=O) groups excluding carboxylic acids is 1. The van der Waals surface area contributed by atoms with Gasteiger partial charge in [0.1, 0.15) is 11.6 Å². The molecule has 0 atom stereocenters. The van der Waals surface area contributed by atoms with Crippen LogP contribution in [0, 0.1) is 5.82 Å². The maximum atomic E-state index is 13.3. The summed E-state index contributed by atoms with van der Waals surface area (Å²) < 4.78 is 20.1. The van der Waals surface area contributed by atoms with Gasteiger partial charge in [0.2, 0.25) is 0 Å². The van der Waals surface area contributed by atoms with Crippen LogP contribution in [-0.2, 0) is 0 Å². The molecule has 1 amide bonds. The minimum atomic E-state index is -0.355. The first-order chi connectivity index (χ1) is 14.1. The lowest BCUT2D eigenvalue weighted by Crippen LogP contribution is -2.13. The van der Waals surface area contributed by atoms with Crippen LogP contribution in [0.15, 0.2) is 79.1 Å². The van der Waals surface area contributed by atoms with Crippen molar-refractivity contribution >= 4 is 11.6 Å². The standard InChI is InChI=1S/C22H17FN4O2/c1-29-19-8-4-17(5-9-19)25-22(28)20-14-21(15-10-12-24-13-11-15)27(26-20)18-6-2-16(23)3-7-18/h2-14H,1H3,(H,25,28). The fourth-order valence-electron chi connectivity index (χ4n) is 2.87. The lowest BCUT2D eigenvalue weighted by atomic mass is 10.1. The predicted octanol–water partition coefficient (Wildman–Crippen LogP) is 4.33. The molecule has 1 N–H and O–H groups in total. The van der Waals surface area contributed by atoms with Gasteiger partial charge in [0.05, 0.1) is 18.5 Å². The summed E-state index contributed by atoms with van der Waals surface area (Å²) in [6.07, 6.45) is 3.32. The number of pyridine rings is 1. The van der Waals surface area contributed by atoms with Crippen LogP contribution in [0.5, 0.6) is 5.75 Å². The number of benzene rings is 2. The highest BCUT2D eigenvalue weighted by atomic mass is 19.1. The normalized spacial score (nSPS) is 10.6. The van der Waals surface area contributed by atoms with Crippen LogP contribution in [0.1, 0.15) is 10.5 Å². The van der Waals surface area contributed by atoms with Gasteiger partial charge in [0.15, 0.2) is 5.69 Å². The molecule has 0 saturated carbocycles. The molecule has 2 heterocycles. The average Bonchev–Trinajstić information content (AvgIpc) is 3.21. The Kier molecular flexibility index (Phi) is 5.03. The second-order valence-electron chi connectivity index (χ2n) is 6.22. The largest absolute Gasteiger partial charge is 0.497 e. The van der Waals surface area contributed by atoms with Gasteiger partial charge in [-0.25, -0.2) is 9.07 Å². The average molecular weight is 388 g/mol. The number of ether oxygens (including phenoxy) is 1. The Balaban J connectivity index is 1.70. The van der Waals surface area contributed by atoms with Crippen LogP contribution in [0.4, 0.5) is 10.1 Å². The van der Waals surface area contributed by atoms with Gasteiger partial charge in [-0.05, 0) is 66.7 Å². The molecule has 144 valence electrons. The van der Waals surface area contributed by atoms with Gasteiger partial charge in [-0.2, -0.15) is 5.10 Å². The second-order valence-corrected chi connectivity index (χ2v) is 6.22. The van der Waals surface area contributed by atoms with Crippen molar-refractivity contribution in [2.24, 2.45) is 0 Å². The van der Waals surface area contributed by atoms with Crippen molar-refractivity contribution in [2.75, 3.05) is 12.4 Å². The van der Waals surface area contributed by atoms with Crippen molar-refractivity contribution in [1.82, 2.24) is 14.8 Å². The number of aromatic nitrogens is 3. The van der Waals surface area contributed by atoms with Crippen molar-refractivity contribution < 1.29 is 13.9 Å². The summed E-state index contributed by atoms with van der Waals surface area (Å²) in [6, 6.07) is 18.3. The van der Waals surface area contributed by atoms with Crippen molar-refractivity contribution in [2.45, 2.75) is 0 Å². The summed E-state index contributed by atoms with van der Waals surface area (Å²) in [5.41, 5.74) is 3.02. The Labute approximate surface area is 166 Å². The molecule has 6 nitrogen and oxygen atoms in total. The van der Waals surface area contributed by atoms with Crippen LogP contribution < -0.4 is 10.1 Å². The molecule has 29 heavy (non-hydrogen) atoms. The molecule has 2 aromatic heterocycles. The quantitative estimate of drug-likeness (QED) is 0.552. The van der Waals surface area contributed by atoms with Gasteiger partial charge < -0.3 is 10.1 Å². The smallest absolute Gasteiger partial charge is 0.276 e. The molecule has 7 heteroatoms. The molecule has 0 fully saturated rings. The fourth-order valence-corrected chi connectivity index (χ4v) is 2.87. The molecular weight excluding hydrogens is 371 g/mol. The van der Waals surface area contributed by atoms with Gasteiger partial charge in [0, 0.05) is 23.6 Å². The first kappa shape index (κ1) is 18.4. The molecule has 0 aliphatic carbocycles. The molecule has 0 aliphatic heterocycles. The van der Waals surface area contributed by atoms with E-state index in [9.17, 15) is 9.18 Å². The molecule has 0 aliphatic rings. The molecule has 0 bridgehead atoms. The van der Waals surface area contributed by atoms with Gasteiger partial charge in [0.25, 0.3) is 5.91 Å². The zero-order valence-corrected chi connectivity index (χ0v) is 15.5. The van der Waals surface area contributed by atoms with E-state index >= 15 is 0 Å². The molecular formula is C22H17FN4O2. The summed E-state index contributed by atoms with van der Waals surface area (Å²) in [5, 5.41) is 7.27. The van der Waals surface area contributed by atoms with Crippen LogP contribution in [0.25, 0.3) is 16.9 Å². The van der Waals surface area contributed by atoms with Gasteiger partial charge in [-0.1, -0.05) is 0 Å². The third-order valence-electron chi connectivity index (χ3n) is 4.34. The van der Waals surface area contributed by atoms with Crippen molar-refractivity contribution in [3.05, 3.63) is 90.6 Å². The number of hydrogen-bond acceptors (Lipinski definition) is 4. The van der Waals surface area contributed by atoms with E-state index < -0.39 is 0 Å². The fraction of sp³-hybridized carbons (Fsp3) is 0.0455. The lowest BCUT2D eigenvalue weighted by Gasteiger charge is -2.07. The summed E-state index contributed by atoms with van der Waals surface area (Å²) >= 11 is 0. The Morgan fingerprint density at radius 3 is 2.34 bits per heavy atom. The minimum Gasteiger partial charge on any atom is -0.497 e. The molecule has 2 aromatic carbocycles. The number of nitrogens with zero attached hydrogens (tertiary/aromatic N) is 3. The van der Waals surface area contributed by atoms with Crippen molar-refractivity contribution in [3.8, 4) is 22.7 Å². The molecule has 4 rings (SSSR count). The first-order valence-electron chi connectivity index (χ1n) is 8.86. The Morgan fingerprint density at radius 2 is 1.69 bits per heavy atom. The molecule has 0 radical (unpaired) electrons. The number of amides is 1. The summed E-state index contributed by atoms with van der Waals surface area (Å²) in [7, 11) is 1.58. The van der Waals surface area contributed by atoms with Crippen LogP contribution in [0.2, 0.25) is 0 Å². The number of nitrogens with one attached hydrogen (secondary N) is 1. The summed E-state index contributed by atoms with van der Waals surface area (Å²) in [5.74, 6) is -0.00117. The lowest BCUT2D eigenvalue weighted by molar-refractivity contribution is 0.102. The Hall–Kier alpha value is -4.00. The highest BCUT2D eigenvalue weighted by Crippen LogP contribution is 2.24. The van der Waals surface area contributed by atoms with Gasteiger partial charge in [-0.3, -0.25) is 9.78 Å². The van der Waals surface area contributed by atoms with E-state index in [1.165, 1.54) is 12.1 Å². The van der Waals surface area contributed by atoms with E-state index in [1.54, 1.807) is 66.6 Å². The number of rotatable bonds is 5. The SMILES string of the molecule is COc1ccc(NC(=O)c2cc(-c3ccncc3)n(-c3ccc(F)cc3)n2)cc1. The molecule has 0 saturated heterocycles. The van der Waals surface area contributed by atoms with Crippen molar-refractivity contribution in [3.63, 3.8) is 0 Å². The maximum absolute atomic E-state index is 13.3. The van der Waals surface area contributed by atoms with Crippen molar-refractivity contribution in [1.29, 1.82) is 0 Å². The van der Waals surface area contributed by atoms with E-state index in [0.717, 1.165) is 5.56 Å². The third kappa shape index (κ3) is 3.98. The zero-order valence-electron chi connectivity index (χ0n) is 15.5. The number of halogens is 1. The van der Waals surface area contributed by atoms with E-state index in [-0.39, 0.29) is 17.4 Å². The number of carbonyl (C=O) groups is 1. The monoisotopic (exact) mass is 388 g/mol. The maximum Gasteiger partial charge on any atom is 0.276 e. The second kappa shape index (κ2) is 7.93. The number of anilines is 1. The van der Waals surface area contributed by atoms with E-state index in [4.69, 9.17) is 4.74 Å². The Bertz CT molecular complexity index is 1120. The third-order valence-corrected chi connectivity index (χ3v) is 4.34. The zero-order chi connectivity index (χ0) is 20.2. The highest BCUT2D eigenvalue weighted by Gasteiger charge is 2.17. The minimum absolute atomic E-state index is 0.233. The van der Waals surface area contributed by atoms with E-state index in [1.807, 2.05) is 12.1 Å². The van der Waals surface area contributed by atoms with Gasteiger partial charge >= 0.3 is 0 Å².